The maximum Gasteiger partial charge on any atom is 0.174 e. The summed E-state index contributed by atoms with van der Waals surface area (Å²) in [7, 11) is 0. The second-order valence-corrected chi connectivity index (χ2v) is 3.20. The van der Waals surface area contributed by atoms with Crippen LogP contribution in [0.15, 0.2) is 29.3 Å². The molecule has 1 heterocycles. The molecule has 72 valence electrons. The molecule has 0 unspecified atom stereocenters. The standard InChI is InChI=1S/C11H11NO2/c1-3-4-9-10(13)6-5-8-7(2)12-14-11(8)9/h3,5-6,13H,1,4H2,2H3. The Balaban J connectivity index is 2.76. The minimum Gasteiger partial charge on any atom is -0.508 e. The summed E-state index contributed by atoms with van der Waals surface area (Å²) in [5.74, 6) is 0.230. The number of phenolic OH excluding ortho intramolecular Hbond substituents is 1. The first kappa shape index (κ1) is 8.81. The second kappa shape index (κ2) is 3.18. The lowest BCUT2D eigenvalue weighted by atomic mass is 10.1. The van der Waals surface area contributed by atoms with Crippen LogP contribution in [0.5, 0.6) is 5.75 Å². The molecule has 0 aliphatic rings. The first-order valence-electron chi connectivity index (χ1n) is 4.41. The van der Waals surface area contributed by atoms with Gasteiger partial charge in [0.15, 0.2) is 5.58 Å². The fraction of sp³-hybridized carbons (Fsp3) is 0.182. The van der Waals surface area contributed by atoms with E-state index in [-0.39, 0.29) is 5.75 Å². The number of aryl methyl sites for hydroxylation is 1. The summed E-state index contributed by atoms with van der Waals surface area (Å²) < 4.78 is 5.16. The average molecular weight is 189 g/mol. The Morgan fingerprint density at radius 2 is 2.36 bits per heavy atom. The topological polar surface area (TPSA) is 46.3 Å². The molecule has 0 aliphatic heterocycles. The third-order valence-corrected chi connectivity index (χ3v) is 2.25. The van der Waals surface area contributed by atoms with Crippen molar-refractivity contribution in [2.75, 3.05) is 0 Å². The van der Waals surface area contributed by atoms with Crippen LogP contribution in [-0.4, -0.2) is 10.3 Å². The van der Waals surface area contributed by atoms with E-state index >= 15 is 0 Å². The normalized spacial score (nSPS) is 10.6. The van der Waals surface area contributed by atoms with Gasteiger partial charge >= 0.3 is 0 Å². The fourth-order valence-electron chi connectivity index (χ4n) is 1.51. The summed E-state index contributed by atoms with van der Waals surface area (Å²) in [5, 5.41) is 14.4. The molecule has 3 heteroatoms. The van der Waals surface area contributed by atoms with Gasteiger partial charge in [0, 0.05) is 10.9 Å². The summed E-state index contributed by atoms with van der Waals surface area (Å²) >= 11 is 0. The minimum atomic E-state index is 0.230. The minimum absolute atomic E-state index is 0.230. The molecule has 0 atom stereocenters. The molecule has 0 saturated heterocycles. The average Bonchev–Trinajstić information content (AvgIpc) is 2.53. The predicted octanol–water partition coefficient (Wildman–Crippen LogP) is 2.57. The molecule has 0 fully saturated rings. The van der Waals surface area contributed by atoms with E-state index in [9.17, 15) is 5.11 Å². The summed E-state index contributed by atoms with van der Waals surface area (Å²) in [5.41, 5.74) is 2.24. The largest absolute Gasteiger partial charge is 0.508 e. The van der Waals surface area contributed by atoms with E-state index in [0.29, 0.717) is 12.0 Å². The zero-order valence-electron chi connectivity index (χ0n) is 7.95. The van der Waals surface area contributed by atoms with Gasteiger partial charge in [-0.2, -0.15) is 0 Å². The monoisotopic (exact) mass is 189 g/mol. The first-order valence-corrected chi connectivity index (χ1v) is 4.41. The van der Waals surface area contributed by atoms with Crippen LogP contribution in [0, 0.1) is 6.92 Å². The van der Waals surface area contributed by atoms with Gasteiger partial charge in [0.05, 0.1) is 5.69 Å². The third kappa shape index (κ3) is 1.18. The Morgan fingerprint density at radius 1 is 1.57 bits per heavy atom. The zero-order chi connectivity index (χ0) is 10.1. The van der Waals surface area contributed by atoms with Crippen molar-refractivity contribution in [1.82, 2.24) is 5.16 Å². The molecule has 0 amide bonds. The Bertz CT molecular complexity index is 485. The van der Waals surface area contributed by atoms with Crippen LogP contribution in [0.1, 0.15) is 11.3 Å². The van der Waals surface area contributed by atoms with Gasteiger partial charge in [-0.15, -0.1) is 6.58 Å². The lowest BCUT2D eigenvalue weighted by Gasteiger charge is -2.00. The molecule has 0 spiro atoms. The Labute approximate surface area is 81.6 Å². The molecular weight excluding hydrogens is 178 g/mol. The van der Waals surface area contributed by atoms with Gasteiger partial charge in [-0.25, -0.2) is 0 Å². The van der Waals surface area contributed by atoms with E-state index in [2.05, 4.69) is 11.7 Å². The smallest absolute Gasteiger partial charge is 0.174 e. The Hall–Kier alpha value is -1.77. The number of hydrogen-bond acceptors (Lipinski definition) is 3. The van der Waals surface area contributed by atoms with Gasteiger partial charge in [-0.05, 0) is 25.5 Å². The molecule has 1 aromatic carbocycles. The number of benzene rings is 1. The van der Waals surface area contributed by atoms with Crippen molar-refractivity contribution in [1.29, 1.82) is 0 Å². The number of nitrogens with zero attached hydrogens (tertiary/aromatic N) is 1. The molecule has 14 heavy (non-hydrogen) atoms. The summed E-state index contributed by atoms with van der Waals surface area (Å²) in [6.07, 6.45) is 2.31. The summed E-state index contributed by atoms with van der Waals surface area (Å²) in [6.45, 7) is 5.51. The Morgan fingerprint density at radius 3 is 3.07 bits per heavy atom. The van der Waals surface area contributed by atoms with Gasteiger partial charge in [0.1, 0.15) is 5.75 Å². The van der Waals surface area contributed by atoms with Gasteiger partial charge in [-0.3, -0.25) is 0 Å². The first-order chi connectivity index (χ1) is 6.74. The lowest BCUT2D eigenvalue weighted by molar-refractivity contribution is 0.440. The molecular formula is C11H11NO2. The highest BCUT2D eigenvalue weighted by molar-refractivity contribution is 5.84. The number of aromatic nitrogens is 1. The number of hydrogen-bond donors (Lipinski definition) is 1. The van der Waals surface area contributed by atoms with E-state index in [4.69, 9.17) is 4.52 Å². The van der Waals surface area contributed by atoms with Crippen LogP contribution >= 0.6 is 0 Å². The van der Waals surface area contributed by atoms with E-state index in [1.54, 1.807) is 12.1 Å². The van der Waals surface area contributed by atoms with Crippen molar-refractivity contribution in [3.8, 4) is 5.75 Å². The van der Waals surface area contributed by atoms with Gasteiger partial charge < -0.3 is 9.63 Å². The highest BCUT2D eigenvalue weighted by Gasteiger charge is 2.11. The van der Waals surface area contributed by atoms with Crippen LogP contribution in [0.3, 0.4) is 0 Å². The van der Waals surface area contributed by atoms with Crippen molar-refractivity contribution in [2.24, 2.45) is 0 Å². The molecule has 0 saturated carbocycles. The van der Waals surface area contributed by atoms with Gasteiger partial charge in [-0.1, -0.05) is 11.2 Å². The van der Waals surface area contributed by atoms with Crippen LogP contribution < -0.4 is 0 Å². The van der Waals surface area contributed by atoms with Crippen molar-refractivity contribution >= 4 is 11.0 Å². The zero-order valence-corrected chi connectivity index (χ0v) is 7.95. The maximum atomic E-state index is 9.61. The van der Waals surface area contributed by atoms with Crippen LogP contribution in [0.2, 0.25) is 0 Å². The van der Waals surface area contributed by atoms with E-state index in [0.717, 1.165) is 16.6 Å². The molecule has 1 N–H and O–H groups in total. The highest BCUT2D eigenvalue weighted by Crippen LogP contribution is 2.29. The second-order valence-electron chi connectivity index (χ2n) is 3.20. The molecule has 2 rings (SSSR count). The molecule has 1 aromatic heterocycles. The molecule has 0 bridgehead atoms. The van der Waals surface area contributed by atoms with Crippen molar-refractivity contribution < 1.29 is 9.63 Å². The van der Waals surface area contributed by atoms with Crippen molar-refractivity contribution in [3.05, 3.63) is 36.0 Å². The fourth-order valence-corrected chi connectivity index (χ4v) is 1.51. The van der Waals surface area contributed by atoms with E-state index < -0.39 is 0 Å². The van der Waals surface area contributed by atoms with Crippen LogP contribution in [0.4, 0.5) is 0 Å². The molecule has 0 radical (unpaired) electrons. The van der Waals surface area contributed by atoms with E-state index in [1.165, 1.54) is 0 Å². The van der Waals surface area contributed by atoms with E-state index in [1.807, 2.05) is 13.0 Å². The Kier molecular flexibility index (Phi) is 2.00. The third-order valence-electron chi connectivity index (χ3n) is 2.25. The number of allylic oxidation sites excluding steroid dienone is 1. The molecule has 3 nitrogen and oxygen atoms in total. The van der Waals surface area contributed by atoms with Crippen molar-refractivity contribution in [2.45, 2.75) is 13.3 Å². The van der Waals surface area contributed by atoms with Crippen LogP contribution in [-0.2, 0) is 6.42 Å². The molecule has 0 aliphatic carbocycles. The van der Waals surface area contributed by atoms with Crippen molar-refractivity contribution in [3.63, 3.8) is 0 Å². The number of fused-ring (bicyclic) bond motifs is 1. The molecule has 2 aromatic rings. The number of aromatic hydroxyl groups is 1. The highest BCUT2D eigenvalue weighted by atomic mass is 16.5. The van der Waals surface area contributed by atoms with Gasteiger partial charge in [0.25, 0.3) is 0 Å². The SMILES string of the molecule is C=CCc1c(O)ccc2c(C)noc12. The predicted molar refractivity (Wildman–Crippen MR) is 54.3 cm³/mol. The number of rotatable bonds is 2. The quantitative estimate of drug-likeness (QED) is 0.738. The number of phenols is 1. The maximum absolute atomic E-state index is 9.61. The summed E-state index contributed by atoms with van der Waals surface area (Å²) in [6, 6.07) is 3.47. The summed E-state index contributed by atoms with van der Waals surface area (Å²) in [4.78, 5) is 0. The van der Waals surface area contributed by atoms with Gasteiger partial charge in [0.2, 0.25) is 0 Å². The lowest BCUT2D eigenvalue weighted by Crippen LogP contribution is -1.83. The van der Waals surface area contributed by atoms with Crippen LogP contribution in [0.25, 0.3) is 11.0 Å².